The topological polar surface area (TPSA) is 49.8 Å². The van der Waals surface area contributed by atoms with Crippen molar-refractivity contribution in [1.82, 2.24) is 0 Å². The standard InChI is InChI=1S/C10H8ClF3N2/c11-6-1-2-7(9(16)3-4-15)8(5-6)10(12,13)14/h1-2,5,9H,3,16H2/t9-/m1/s1. The first-order valence-corrected chi connectivity index (χ1v) is 4.73. The Hall–Kier alpha value is -1.25. The number of nitrogens with zero attached hydrogens (tertiary/aromatic N) is 1. The lowest BCUT2D eigenvalue weighted by atomic mass is 9.99. The molecule has 2 N–H and O–H groups in total. The third-order valence-electron chi connectivity index (χ3n) is 2.03. The molecule has 6 heteroatoms. The van der Waals surface area contributed by atoms with Gasteiger partial charge in [0.2, 0.25) is 0 Å². The van der Waals surface area contributed by atoms with E-state index in [0.717, 1.165) is 6.07 Å². The molecule has 1 aromatic carbocycles. The zero-order valence-electron chi connectivity index (χ0n) is 8.05. The second kappa shape index (κ2) is 4.73. The summed E-state index contributed by atoms with van der Waals surface area (Å²) >= 11 is 5.50. The van der Waals surface area contributed by atoms with Crippen molar-refractivity contribution in [2.75, 3.05) is 0 Å². The zero-order chi connectivity index (χ0) is 12.3. The van der Waals surface area contributed by atoms with Crippen LogP contribution >= 0.6 is 11.6 Å². The lowest BCUT2D eigenvalue weighted by Crippen LogP contribution is -2.17. The largest absolute Gasteiger partial charge is 0.416 e. The quantitative estimate of drug-likeness (QED) is 0.873. The summed E-state index contributed by atoms with van der Waals surface area (Å²) in [4.78, 5) is 0. The van der Waals surface area contributed by atoms with Gasteiger partial charge in [0.05, 0.1) is 18.1 Å². The van der Waals surface area contributed by atoms with Crippen molar-refractivity contribution in [2.45, 2.75) is 18.6 Å². The van der Waals surface area contributed by atoms with Crippen LogP contribution in [-0.4, -0.2) is 0 Å². The van der Waals surface area contributed by atoms with E-state index in [0.29, 0.717) is 0 Å². The van der Waals surface area contributed by atoms with Gasteiger partial charge in [-0.15, -0.1) is 0 Å². The Labute approximate surface area is 95.4 Å². The molecule has 1 atom stereocenters. The van der Waals surface area contributed by atoms with Gasteiger partial charge in [0.15, 0.2) is 0 Å². The Bertz CT molecular complexity index is 423. The molecule has 1 rings (SSSR count). The van der Waals surface area contributed by atoms with Crippen LogP contribution < -0.4 is 5.73 Å². The predicted molar refractivity (Wildman–Crippen MR) is 53.6 cm³/mol. The molecule has 0 aliphatic rings. The summed E-state index contributed by atoms with van der Waals surface area (Å²) in [6.45, 7) is 0. The third-order valence-corrected chi connectivity index (χ3v) is 2.27. The highest BCUT2D eigenvalue weighted by molar-refractivity contribution is 6.30. The fourth-order valence-electron chi connectivity index (χ4n) is 1.31. The van der Waals surface area contributed by atoms with E-state index in [4.69, 9.17) is 22.6 Å². The van der Waals surface area contributed by atoms with Gasteiger partial charge in [-0.2, -0.15) is 18.4 Å². The first-order chi connectivity index (χ1) is 7.36. The fourth-order valence-corrected chi connectivity index (χ4v) is 1.48. The highest BCUT2D eigenvalue weighted by atomic mass is 35.5. The lowest BCUT2D eigenvalue weighted by Gasteiger charge is -2.16. The van der Waals surface area contributed by atoms with Crippen molar-refractivity contribution < 1.29 is 13.2 Å². The second-order valence-corrected chi connectivity index (χ2v) is 3.63. The number of halogens is 4. The van der Waals surface area contributed by atoms with Crippen LogP contribution in [0.1, 0.15) is 23.6 Å². The number of rotatable bonds is 2. The molecule has 0 heterocycles. The third kappa shape index (κ3) is 2.87. The molecular weight excluding hydrogens is 241 g/mol. The molecule has 16 heavy (non-hydrogen) atoms. The lowest BCUT2D eigenvalue weighted by molar-refractivity contribution is -0.138. The number of benzene rings is 1. The average Bonchev–Trinajstić information content (AvgIpc) is 2.16. The van der Waals surface area contributed by atoms with Gasteiger partial charge in [-0.1, -0.05) is 17.7 Å². The molecule has 0 amide bonds. The summed E-state index contributed by atoms with van der Waals surface area (Å²) in [5, 5.41) is 8.40. The van der Waals surface area contributed by atoms with Crippen molar-refractivity contribution in [3.63, 3.8) is 0 Å². The Morgan fingerprint density at radius 1 is 1.44 bits per heavy atom. The van der Waals surface area contributed by atoms with Crippen LogP contribution in [0.25, 0.3) is 0 Å². The minimum absolute atomic E-state index is 0.0137. The molecule has 0 aliphatic heterocycles. The van der Waals surface area contributed by atoms with E-state index in [-0.39, 0.29) is 17.0 Å². The SMILES string of the molecule is N#CC[C@@H](N)c1ccc(Cl)cc1C(F)(F)F. The van der Waals surface area contributed by atoms with Crippen LogP contribution in [0, 0.1) is 11.3 Å². The number of hydrogen-bond acceptors (Lipinski definition) is 2. The normalized spacial score (nSPS) is 13.2. The summed E-state index contributed by atoms with van der Waals surface area (Å²) in [5.74, 6) is 0. The van der Waals surface area contributed by atoms with E-state index in [1.54, 1.807) is 6.07 Å². The van der Waals surface area contributed by atoms with E-state index in [1.165, 1.54) is 12.1 Å². The maximum atomic E-state index is 12.6. The molecule has 0 bridgehead atoms. The van der Waals surface area contributed by atoms with E-state index in [2.05, 4.69) is 0 Å². The minimum atomic E-state index is -4.52. The first kappa shape index (κ1) is 12.8. The summed E-state index contributed by atoms with van der Waals surface area (Å²) < 4.78 is 37.9. The summed E-state index contributed by atoms with van der Waals surface area (Å²) in [6.07, 6.45) is -4.70. The van der Waals surface area contributed by atoms with E-state index in [9.17, 15) is 13.2 Å². The van der Waals surface area contributed by atoms with Gasteiger partial charge < -0.3 is 5.73 Å². The molecule has 2 nitrogen and oxygen atoms in total. The maximum absolute atomic E-state index is 12.6. The fraction of sp³-hybridized carbons (Fsp3) is 0.300. The Balaban J connectivity index is 3.24. The zero-order valence-corrected chi connectivity index (χ0v) is 8.81. The molecule has 1 aromatic rings. The van der Waals surface area contributed by atoms with Crippen molar-refractivity contribution in [3.8, 4) is 6.07 Å². The molecule has 0 saturated carbocycles. The van der Waals surface area contributed by atoms with Crippen LogP contribution in [0.4, 0.5) is 13.2 Å². The van der Waals surface area contributed by atoms with Crippen molar-refractivity contribution in [2.24, 2.45) is 5.73 Å². The highest BCUT2D eigenvalue weighted by Crippen LogP contribution is 2.36. The number of hydrogen-bond donors (Lipinski definition) is 1. The molecule has 0 saturated heterocycles. The highest BCUT2D eigenvalue weighted by Gasteiger charge is 2.34. The summed E-state index contributed by atoms with van der Waals surface area (Å²) in [5.41, 5.74) is 4.49. The Kier molecular flexibility index (Phi) is 3.79. The molecule has 0 aromatic heterocycles. The van der Waals surface area contributed by atoms with Crippen LogP contribution in [0.15, 0.2) is 18.2 Å². The molecule has 0 radical (unpaired) electrons. The first-order valence-electron chi connectivity index (χ1n) is 4.35. The monoisotopic (exact) mass is 248 g/mol. The van der Waals surface area contributed by atoms with E-state index in [1.807, 2.05) is 0 Å². The van der Waals surface area contributed by atoms with Crippen LogP contribution in [0.2, 0.25) is 5.02 Å². The second-order valence-electron chi connectivity index (χ2n) is 3.20. The number of nitriles is 1. The van der Waals surface area contributed by atoms with Crippen LogP contribution in [0.5, 0.6) is 0 Å². The molecule has 0 unspecified atom stereocenters. The summed E-state index contributed by atoms with van der Waals surface area (Å²) in [7, 11) is 0. The smallest absolute Gasteiger partial charge is 0.323 e. The van der Waals surface area contributed by atoms with E-state index >= 15 is 0 Å². The summed E-state index contributed by atoms with van der Waals surface area (Å²) in [6, 6.07) is 4.11. The molecular formula is C10H8ClF3N2. The van der Waals surface area contributed by atoms with E-state index < -0.39 is 17.8 Å². The van der Waals surface area contributed by atoms with Gasteiger partial charge in [0, 0.05) is 11.1 Å². The molecule has 0 aliphatic carbocycles. The van der Waals surface area contributed by atoms with Gasteiger partial charge in [-0.25, -0.2) is 0 Å². The van der Waals surface area contributed by atoms with Gasteiger partial charge in [0.25, 0.3) is 0 Å². The molecule has 0 spiro atoms. The Morgan fingerprint density at radius 3 is 2.56 bits per heavy atom. The van der Waals surface area contributed by atoms with Crippen LogP contribution in [-0.2, 0) is 6.18 Å². The van der Waals surface area contributed by atoms with Crippen molar-refractivity contribution in [1.29, 1.82) is 5.26 Å². The predicted octanol–water partition coefficient (Wildman–Crippen LogP) is 3.27. The van der Waals surface area contributed by atoms with Crippen molar-refractivity contribution >= 4 is 11.6 Å². The average molecular weight is 249 g/mol. The van der Waals surface area contributed by atoms with Crippen LogP contribution in [0.3, 0.4) is 0 Å². The maximum Gasteiger partial charge on any atom is 0.416 e. The number of nitrogens with two attached hydrogens (primary N) is 1. The van der Waals surface area contributed by atoms with Gasteiger partial charge in [-0.3, -0.25) is 0 Å². The molecule has 86 valence electrons. The number of alkyl halides is 3. The minimum Gasteiger partial charge on any atom is -0.323 e. The van der Waals surface area contributed by atoms with Gasteiger partial charge >= 0.3 is 6.18 Å². The van der Waals surface area contributed by atoms with Gasteiger partial charge in [0.1, 0.15) is 0 Å². The molecule has 0 fully saturated rings. The van der Waals surface area contributed by atoms with Gasteiger partial charge in [-0.05, 0) is 17.7 Å². The van der Waals surface area contributed by atoms with Crippen molar-refractivity contribution in [3.05, 3.63) is 34.3 Å². The Morgan fingerprint density at radius 2 is 2.06 bits per heavy atom.